The van der Waals surface area contributed by atoms with E-state index in [2.05, 4.69) is 9.97 Å². The maximum Gasteiger partial charge on any atom is 0.334 e. The van der Waals surface area contributed by atoms with E-state index in [1.54, 1.807) is 11.3 Å². The van der Waals surface area contributed by atoms with Gasteiger partial charge in [0.1, 0.15) is 4.83 Å². The average molecular weight is 351 g/mol. The number of hydrogen-bond acceptors (Lipinski definition) is 3. The largest absolute Gasteiger partial charge is 0.361 e. The number of H-pyrrole nitrogens is 2. The van der Waals surface area contributed by atoms with Crippen molar-refractivity contribution in [2.75, 3.05) is 0 Å². The first-order valence-corrected chi connectivity index (χ1v) is 9.41. The summed E-state index contributed by atoms with van der Waals surface area (Å²) in [6, 6.07) is 7.52. The highest BCUT2D eigenvalue weighted by molar-refractivity contribution is 7.18. The third-order valence-corrected chi connectivity index (χ3v) is 6.26. The normalized spacial score (nSPS) is 14.7. The van der Waals surface area contributed by atoms with Gasteiger partial charge in [-0.25, -0.2) is 9.36 Å². The number of benzene rings is 1. The molecule has 0 spiro atoms. The van der Waals surface area contributed by atoms with Crippen molar-refractivity contribution in [1.82, 2.24) is 14.5 Å². The molecule has 3 heterocycles. The molecule has 0 saturated carbocycles. The Bertz CT molecular complexity index is 1230. The first kappa shape index (κ1) is 14.7. The third kappa shape index (κ3) is 2.21. The Hall–Kier alpha value is -2.60. The second-order valence-electron chi connectivity index (χ2n) is 6.59. The van der Waals surface area contributed by atoms with E-state index in [9.17, 15) is 9.59 Å². The van der Waals surface area contributed by atoms with Gasteiger partial charge in [-0.15, -0.1) is 11.3 Å². The fraction of sp³-hybridized carbons (Fsp3) is 0.263. The molecule has 0 atom stereocenters. The summed E-state index contributed by atoms with van der Waals surface area (Å²) >= 11 is 1.58. The SMILES string of the molecule is O=c1[nH]c2sc3c(c2c(=O)n1-c1ccc2[nH]ccc2c1)CCCCC3. The number of aromatic amines is 2. The molecule has 0 radical (unpaired) electrons. The standard InChI is InChI=1S/C19H17N3O2S/c23-18-16-13-4-2-1-3-5-15(13)25-17(16)21-19(24)22(18)12-6-7-14-11(10-12)8-9-20-14/h6-10,20H,1-5H2,(H,21,24). The first-order chi connectivity index (χ1) is 12.2. The summed E-state index contributed by atoms with van der Waals surface area (Å²) in [4.78, 5) is 33.9. The number of nitrogens with one attached hydrogen (secondary N) is 2. The molecule has 0 amide bonds. The van der Waals surface area contributed by atoms with Crippen molar-refractivity contribution in [3.05, 3.63) is 61.7 Å². The zero-order valence-electron chi connectivity index (χ0n) is 13.6. The molecule has 1 aromatic carbocycles. The van der Waals surface area contributed by atoms with E-state index in [0.29, 0.717) is 11.1 Å². The molecule has 0 saturated heterocycles. The lowest BCUT2D eigenvalue weighted by atomic mass is 10.1. The molecule has 0 unspecified atom stereocenters. The number of rotatable bonds is 1. The van der Waals surface area contributed by atoms with Crippen LogP contribution in [0.15, 0.2) is 40.1 Å². The predicted octanol–water partition coefficient (Wildman–Crippen LogP) is 3.49. The monoisotopic (exact) mass is 351 g/mol. The molecule has 1 aliphatic carbocycles. The molecule has 3 aromatic heterocycles. The van der Waals surface area contributed by atoms with Crippen molar-refractivity contribution in [3.63, 3.8) is 0 Å². The molecule has 5 rings (SSSR count). The van der Waals surface area contributed by atoms with Crippen LogP contribution in [0.25, 0.3) is 26.8 Å². The van der Waals surface area contributed by atoms with Crippen molar-refractivity contribution < 1.29 is 0 Å². The van der Waals surface area contributed by atoms with E-state index in [-0.39, 0.29) is 11.2 Å². The summed E-state index contributed by atoms with van der Waals surface area (Å²) in [5, 5.41) is 1.68. The van der Waals surface area contributed by atoms with Gasteiger partial charge >= 0.3 is 5.69 Å². The number of hydrogen-bond donors (Lipinski definition) is 2. The molecule has 25 heavy (non-hydrogen) atoms. The molecule has 6 heteroatoms. The van der Waals surface area contributed by atoms with E-state index < -0.39 is 0 Å². The topological polar surface area (TPSA) is 70.7 Å². The van der Waals surface area contributed by atoms with E-state index >= 15 is 0 Å². The van der Waals surface area contributed by atoms with Gasteiger partial charge in [-0.05, 0) is 55.5 Å². The van der Waals surface area contributed by atoms with Gasteiger partial charge in [-0.2, -0.15) is 0 Å². The van der Waals surface area contributed by atoms with Crippen LogP contribution < -0.4 is 11.2 Å². The summed E-state index contributed by atoms with van der Waals surface area (Å²) in [5.41, 5.74) is 2.17. The number of fused-ring (bicyclic) bond motifs is 4. The predicted molar refractivity (Wildman–Crippen MR) is 101 cm³/mol. The minimum atomic E-state index is -0.371. The van der Waals surface area contributed by atoms with Crippen molar-refractivity contribution >= 4 is 32.5 Å². The maximum atomic E-state index is 13.2. The number of aryl methyl sites for hydroxylation is 2. The van der Waals surface area contributed by atoms with Crippen LogP contribution in [0.4, 0.5) is 0 Å². The highest BCUT2D eigenvalue weighted by Gasteiger charge is 2.20. The van der Waals surface area contributed by atoms with Gasteiger partial charge in [0.15, 0.2) is 0 Å². The Morgan fingerprint density at radius 2 is 1.92 bits per heavy atom. The van der Waals surface area contributed by atoms with Gasteiger partial charge in [0, 0.05) is 22.0 Å². The van der Waals surface area contributed by atoms with Gasteiger partial charge in [0.05, 0.1) is 11.1 Å². The quantitative estimate of drug-likeness (QED) is 0.515. The van der Waals surface area contributed by atoms with Crippen molar-refractivity contribution in [2.24, 2.45) is 0 Å². The average Bonchev–Trinajstić information content (AvgIpc) is 3.12. The van der Waals surface area contributed by atoms with Gasteiger partial charge in [-0.1, -0.05) is 6.42 Å². The van der Waals surface area contributed by atoms with Crippen LogP contribution >= 0.6 is 11.3 Å². The van der Waals surface area contributed by atoms with Crippen LogP contribution in [-0.4, -0.2) is 14.5 Å². The van der Waals surface area contributed by atoms with E-state index in [0.717, 1.165) is 47.0 Å². The number of aromatic nitrogens is 3. The van der Waals surface area contributed by atoms with Crippen LogP contribution in [0, 0.1) is 0 Å². The zero-order chi connectivity index (χ0) is 17.0. The molecule has 0 fully saturated rings. The third-order valence-electron chi connectivity index (χ3n) is 5.06. The summed E-state index contributed by atoms with van der Waals surface area (Å²) in [6.45, 7) is 0. The lowest BCUT2D eigenvalue weighted by Gasteiger charge is -2.06. The molecule has 0 aliphatic heterocycles. The van der Waals surface area contributed by atoms with Crippen molar-refractivity contribution in [2.45, 2.75) is 32.1 Å². The molecule has 4 aromatic rings. The Balaban J connectivity index is 1.82. The highest BCUT2D eigenvalue weighted by Crippen LogP contribution is 2.32. The first-order valence-electron chi connectivity index (χ1n) is 8.59. The molecule has 5 nitrogen and oxygen atoms in total. The number of nitrogens with zero attached hydrogens (tertiary/aromatic N) is 1. The van der Waals surface area contributed by atoms with E-state index in [4.69, 9.17) is 0 Å². The summed E-state index contributed by atoms with van der Waals surface area (Å²) in [5.74, 6) is 0. The van der Waals surface area contributed by atoms with E-state index in [1.807, 2.05) is 30.5 Å². The Labute approximate surface area is 146 Å². The summed E-state index contributed by atoms with van der Waals surface area (Å²) in [6.07, 6.45) is 7.24. The van der Waals surface area contributed by atoms with Crippen LogP contribution in [0.1, 0.15) is 29.7 Å². The number of thiophene rings is 1. The van der Waals surface area contributed by atoms with Gasteiger partial charge in [-0.3, -0.25) is 9.78 Å². The van der Waals surface area contributed by atoms with Crippen molar-refractivity contribution in [1.29, 1.82) is 0 Å². The summed E-state index contributed by atoms with van der Waals surface area (Å²) < 4.78 is 1.27. The van der Waals surface area contributed by atoms with Crippen LogP contribution in [-0.2, 0) is 12.8 Å². The lowest BCUT2D eigenvalue weighted by molar-refractivity contribution is 0.713. The van der Waals surface area contributed by atoms with Crippen LogP contribution in [0.5, 0.6) is 0 Å². The molecule has 1 aliphatic rings. The molecular formula is C19H17N3O2S. The van der Waals surface area contributed by atoms with E-state index in [1.165, 1.54) is 15.9 Å². The van der Waals surface area contributed by atoms with Crippen molar-refractivity contribution in [3.8, 4) is 5.69 Å². The van der Waals surface area contributed by atoms with Crippen LogP contribution in [0.2, 0.25) is 0 Å². The molecule has 0 bridgehead atoms. The Morgan fingerprint density at radius 3 is 2.84 bits per heavy atom. The minimum Gasteiger partial charge on any atom is -0.361 e. The molecule has 126 valence electrons. The highest BCUT2D eigenvalue weighted by atomic mass is 32.1. The molecular weight excluding hydrogens is 334 g/mol. The van der Waals surface area contributed by atoms with Gasteiger partial charge in [0.25, 0.3) is 5.56 Å². The minimum absolute atomic E-state index is 0.201. The smallest absolute Gasteiger partial charge is 0.334 e. The fourth-order valence-electron chi connectivity index (χ4n) is 3.83. The van der Waals surface area contributed by atoms with Gasteiger partial charge in [0.2, 0.25) is 0 Å². The zero-order valence-corrected chi connectivity index (χ0v) is 14.4. The Morgan fingerprint density at radius 1 is 1.04 bits per heavy atom. The lowest BCUT2D eigenvalue weighted by Crippen LogP contribution is -2.33. The Kier molecular flexibility index (Phi) is 3.21. The van der Waals surface area contributed by atoms with Crippen LogP contribution in [0.3, 0.4) is 0 Å². The maximum absolute atomic E-state index is 13.2. The second kappa shape index (κ2) is 5.46. The van der Waals surface area contributed by atoms with Gasteiger partial charge < -0.3 is 4.98 Å². The fourth-order valence-corrected chi connectivity index (χ4v) is 5.10. The second-order valence-corrected chi connectivity index (χ2v) is 7.69. The summed E-state index contributed by atoms with van der Waals surface area (Å²) in [7, 11) is 0. The molecule has 2 N–H and O–H groups in total.